The maximum absolute atomic E-state index is 11.7. The highest BCUT2D eigenvalue weighted by atomic mass is 32.2. The molecule has 0 radical (unpaired) electrons. The molecule has 8 heteroatoms. The van der Waals surface area contributed by atoms with Crippen molar-refractivity contribution in [3.05, 3.63) is 39.8 Å². The fourth-order valence-corrected chi connectivity index (χ4v) is 2.54. The fraction of sp³-hybridized carbons (Fsp3) is 0.308. The largest absolute Gasteiger partial charge is 0.497 e. The van der Waals surface area contributed by atoms with Gasteiger partial charge in [0.05, 0.1) is 14.2 Å². The molecule has 0 fully saturated rings. The highest BCUT2D eigenvalue weighted by molar-refractivity contribution is 7.98. The molecule has 0 aliphatic carbocycles. The van der Waals surface area contributed by atoms with Crippen molar-refractivity contribution in [2.45, 2.75) is 17.8 Å². The first kappa shape index (κ1) is 15.2. The second kappa shape index (κ2) is 6.49. The van der Waals surface area contributed by atoms with Crippen LogP contribution in [0.25, 0.3) is 0 Å². The first-order valence-corrected chi connectivity index (χ1v) is 7.10. The quantitative estimate of drug-likeness (QED) is 0.650. The molecule has 21 heavy (non-hydrogen) atoms. The third kappa shape index (κ3) is 3.27. The van der Waals surface area contributed by atoms with Crippen LogP contribution in [0, 0.1) is 6.92 Å². The summed E-state index contributed by atoms with van der Waals surface area (Å²) in [6.07, 6.45) is 0. The van der Waals surface area contributed by atoms with Crippen molar-refractivity contribution in [2.75, 3.05) is 20.1 Å². The van der Waals surface area contributed by atoms with Gasteiger partial charge in [-0.25, -0.2) is 0 Å². The summed E-state index contributed by atoms with van der Waals surface area (Å²) in [5, 5.41) is 8.06. The summed E-state index contributed by atoms with van der Waals surface area (Å²) in [5.41, 5.74) is 0.822. The van der Waals surface area contributed by atoms with Crippen molar-refractivity contribution >= 4 is 11.8 Å². The molecular formula is C13H16N4O3S. The average Bonchev–Trinajstić information content (AvgIpc) is 2.51. The molecule has 0 aliphatic rings. The summed E-state index contributed by atoms with van der Waals surface area (Å²) in [7, 11) is 3.20. The number of methoxy groups -OCH3 is 2. The lowest BCUT2D eigenvalue weighted by molar-refractivity contribution is 0.400. The van der Waals surface area contributed by atoms with Crippen LogP contribution in [-0.2, 0) is 5.75 Å². The zero-order chi connectivity index (χ0) is 15.4. The van der Waals surface area contributed by atoms with E-state index in [1.54, 1.807) is 21.1 Å². The van der Waals surface area contributed by atoms with E-state index < -0.39 is 0 Å². The summed E-state index contributed by atoms with van der Waals surface area (Å²) < 4.78 is 11.5. The molecule has 2 aromatic rings. The fourth-order valence-electron chi connectivity index (χ4n) is 1.71. The normalized spacial score (nSPS) is 10.4. The molecule has 7 nitrogen and oxygen atoms in total. The second-order valence-electron chi connectivity index (χ2n) is 4.21. The summed E-state index contributed by atoms with van der Waals surface area (Å²) in [4.78, 5) is 11.7. The van der Waals surface area contributed by atoms with Crippen LogP contribution in [0.4, 0.5) is 0 Å². The second-order valence-corrected chi connectivity index (χ2v) is 5.15. The molecule has 0 bridgehead atoms. The van der Waals surface area contributed by atoms with Gasteiger partial charge in [-0.1, -0.05) is 11.8 Å². The number of rotatable bonds is 5. The number of ether oxygens (including phenoxy) is 2. The van der Waals surface area contributed by atoms with E-state index in [4.69, 9.17) is 15.3 Å². The Labute approximate surface area is 126 Å². The molecule has 0 amide bonds. The highest BCUT2D eigenvalue weighted by Crippen LogP contribution is 2.29. The molecule has 0 spiro atoms. The summed E-state index contributed by atoms with van der Waals surface area (Å²) >= 11 is 1.30. The topological polar surface area (TPSA) is 92.3 Å². The van der Waals surface area contributed by atoms with Crippen LogP contribution < -0.4 is 20.9 Å². The smallest absolute Gasteiger partial charge is 0.294 e. The number of hydrogen-bond donors (Lipinski definition) is 1. The Balaban J connectivity index is 2.24. The summed E-state index contributed by atoms with van der Waals surface area (Å²) in [6.45, 7) is 1.57. The number of aryl methyl sites for hydroxylation is 1. The Bertz CT molecular complexity index is 702. The Morgan fingerprint density at radius 2 is 2.05 bits per heavy atom. The average molecular weight is 308 g/mol. The van der Waals surface area contributed by atoms with Crippen molar-refractivity contribution < 1.29 is 9.47 Å². The Hall–Kier alpha value is -2.22. The molecule has 0 saturated carbocycles. The number of benzene rings is 1. The molecule has 2 rings (SSSR count). The number of thioether (sulfide) groups is 1. The van der Waals surface area contributed by atoms with Crippen molar-refractivity contribution in [3.8, 4) is 11.5 Å². The molecule has 1 heterocycles. The van der Waals surface area contributed by atoms with Gasteiger partial charge in [0.25, 0.3) is 5.56 Å². The Morgan fingerprint density at radius 3 is 2.71 bits per heavy atom. The molecular weight excluding hydrogens is 292 g/mol. The van der Waals surface area contributed by atoms with Gasteiger partial charge < -0.3 is 15.3 Å². The first-order valence-electron chi connectivity index (χ1n) is 6.12. The maximum Gasteiger partial charge on any atom is 0.294 e. The standard InChI is InChI=1S/C13H16N4O3S/c1-8-12(18)17(14)13(16-15-8)21-7-9-6-10(19-2)4-5-11(9)20-3/h4-6H,7,14H2,1-3H3. The lowest BCUT2D eigenvalue weighted by atomic mass is 10.2. The number of nitrogen functional groups attached to an aromatic ring is 1. The van der Waals surface area contributed by atoms with Gasteiger partial charge in [-0.05, 0) is 25.1 Å². The van der Waals surface area contributed by atoms with Crippen LogP contribution in [0.2, 0.25) is 0 Å². The molecule has 0 atom stereocenters. The van der Waals surface area contributed by atoms with Gasteiger partial charge in [0.15, 0.2) is 0 Å². The van der Waals surface area contributed by atoms with E-state index in [0.29, 0.717) is 10.9 Å². The lowest BCUT2D eigenvalue weighted by Crippen LogP contribution is -2.32. The van der Waals surface area contributed by atoms with Crippen LogP contribution >= 0.6 is 11.8 Å². The van der Waals surface area contributed by atoms with Crippen LogP contribution in [0.5, 0.6) is 11.5 Å². The molecule has 0 saturated heterocycles. The predicted octanol–water partition coefficient (Wildman–Crippen LogP) is 0.970. The molecule has 1 aromatic heterocycles. The van der Waals surface area contributed by atoms with Crippen molar-refractivity contribution in [3.63, 3.8) is 0 Å². The van der Waals surface area contributed by atoms with E-state index in [0.717, 1.165) is 21.7 Å². The first-order chi connectivity index (χ1) is 10.1. The van der Waals surface area contributed by atoms with Gasteiger partial charge >= 0.3 is 0 Å². The third-order valence-electron chi connectivity index (χ3n) is 2.86. The Morgan fingerprint density at radius 1 is 1.29 bits per heavy atom. The van der Waals surface area contributed by atoms with E-state index in [1.165, 1.54) is 11.8 Å². The van der Waals surface area contributed by atoms with Gasteiger partial charge in [0.2, 0.25) is 5.16 Å². The molecule has 112 valence electrons. The minimum Gasteiger partial charge on any atom is -0.497 e. The summed E-state index contributed by atoms with van der Waals surface area (Å²) in [6, 6.07) is 5.51. The van der Waals surface area contributed by atoms with Crippen molar-refractivity contribution in [1.29, 1.82) is 0 Å². The van der Waals surface area contributed by atoms with E-state index in [2.05, 4.69) is 10.2 Å². The van der Waals surface area contributed by atoms with Crippen molar-refractivity contribution in [1.82, 2.24) is 14.9 Å². The van der Waals surface area contributed by atoms with Gasteiger partial charge in [0.1, 0.15) is 17.2 Å². The minimum atomic E-state index is -0.356. The number of nitrogens with two attached hydrogens (primary N) is 1. The molecule has 0 unspecified atom stereocenters. The van der Waals surface area contributed by atoms with Gasteiger partial charge in [-0.15, -0.1) is 10.2 Å². The van der Waals surface area contributed by atoms with E-state index >= 15 is 0 Å². The molecule has 2 N–H and O–H groups in total. The minimum absolute atomic E-state index is 0.265. The zero-order valence-electron chi connectivity index (χ0n) is 12.0. The highest BCUT2D eigenvalue weighted by Gasteiger charge is 2.10. The lowest BCUT2D eigenvalue weighted by Gasteiger charge is -2.10. The molecule has 1 aromatic carbocycles. The van der Waals surface area contributed by atoms with E-state index in [-0.39, 0.29) is 11.3 Å². The molecule has 0 aliphatic heterocycles. The monoisotopic (exact) mass is 308 g/mol. The van der Waals surface area contributed by atoms with Crippen LogP contribution in [0.1, 0.15) is 11.3 Å². The van der Waals surface area contributed by atoms with Crippen LogP contribution in [-0.4, -0.2) is 29.1 Å². The summed E-state index contributed by atoms with van der Waals surface area (Å²) in [5.74, 6) is 7.68. The number of nitrogens with zero attached hydrogens (tertiary/aromatic N) is 3. The van der Waals surface area contributed by atoms with Crippen LogP contribution in [0.15, 0.2) is 28.2 Å². The predicted molar refractivity (Wildman–Crippen MR) is 80.3 cm³/mol. The SMILES string of the molecule is COc1ccc(OC)c(CSc2nnc(C)c(=O)n2N)c1. The third-order valence-corrected chi connectivity index (χ3v) is 3.86. The zero-order valence-corrected chi connectivity index (χ0v) is 12.8. The van der Waals surface area contributed by atoms with Crippen molar-refractivity contribution in [2.24, 2.45) is 0 Å². The van der Waals surface area contributed by atoms with E-state index in [9.17, 15) is 4.79 Å². The Kier molecular flexibility index (Phi) is 4.69. The van der Waals surface area contributed by atoms with Crippen LogP contribution in [0.3, 0.4) is 0 Å². The number of aromatic nitrogens is 3. The van der Waals surface area contributed by atoms with Gasteiger partial charge in [-0.3, -0.25) is 4.79 Å². The van der Waals surface area contributed by atoms with Gasteiger partial charge in [0, 0.05) is 11.3 Å². The number of hydrogen-bond acceptors (Lipinski definition) is 7. The van der Waals surface area contributed by atoms with Gasteiger partial charge in [-0.2, -0.15) is 4.68 Å². The van der Waals surface area contributed by atoms with E-state index in [1.807, 2.05) is 18.2 Å². The maximum atomic E-state index is 11.7.